The Hall–Kier alpha value is -4.69. The molecular weight excluding hydrogens is 711 g/mol. The van der Waals surface area contributed by atoms with E-state index in [9.17, 15) is 54.0 Å². The first kappa shape index (κ1) is 38.1. The number of aromatic nitrogens is 2. The zero-order valence-corrected chi connectivity index (χ0v) is 28.0. The lowest BCUT2D eigenvalue weighted by molar-refractivity contribution is -0.149. The monoisotopic (exact) mass is 745 g/mol. The number of hydrogen-bond acceptors (Lipinski definition) is 9. The molecule has 0 radical (unpaired) electrons. The second-order valence-corrected chi connectivity index (χ2v) is 14.5. The lowest BCUT2D eigenvalue weighted by Gasteiger charge is -2.27. The van der Waals surface area contributed by atoms with Gasteiger partial charge in [0.1, 0.15) is 28.8 Å². The van der Waals surface area contributed by atoms with Gasteiger partial charge in [0.2, 0.25) is 5.91 Å². The van der Waals surface area contributed by atoms with Crippen LogP contribution in [-0.4, -0.2) is 82.9 Å². The molecule has 4 rings (SSSR count). The van der Waals surface area contributed by atoms with E-state index in [0.717, 1.165) is 42.4 Å². The van der Waals surface area contributed by atoms with Crippen molar-refractivity contribution in [2.75, 3.05) is 16.6 Å². The summed E-state index contributed by atoms with van der Waals surface area (Å²) in [5.41, 5.74) is -6.25. The number of likely N-dealkylation sites (tertiary alicyclic amines) is 1. The SMILES string of the molecule is CCCCCCC(C(=O)N1C[C@H](Oc2ccc(NS(=O)(=O)C(F)(F)F)cc2)C[C@H]1C(=O)O)n1cnc(NC(=O)c2ccccc2S(=O)(=O)O)c1. The quantitative estimate of drug-likeness (QED) is 0.127. The highest BCUT2D eigenvalue weighted by Crippen LogP contribution is 2.31. The van der Waals surface area contributed by atoms with Crippen molar-refractivity contribution in [2.45, 2.75) is 74.0 Å². The summed E-state index contributed by atoms with van der Waals surface area (Å²) >= 11 is 0. The number of sulfonamides is 1. The number of imidazole rings is 1. The summed E-state index contributed by atoms with van der Waals surface area (Å²) in [6.07, 6.45) is 5.04. The van der Waals surface area contributed by atoms with E-state index in [1.807, 2.05) is 6.92 Å². The van der Waals surface area contributed by atoms with Gasteiger partial charge in [0.15, 0.2) is 5.82 Å². The second-order valence-electron chi connectivity index (χ2n) is 11.4. The van der Waals surface area contributed by atoms with E-state index >= 15 is 0 Å². The van der Waals surface area contributed by atoms with Crippen LogP contribution in [0.4, 0.5) is 24.7 Å². The van der Waals surface area contributed by atoms with Crippen LogP contribution in [0, 0.1) is 0 Å². The number of carboxylic acid groups (broad SMARTS) is 1. The molecule has 0 spiro atoms. The van der Waals surface area contributed by atoms with Crippen LogP contribution in [0.2, 0.25) is 0 Å². The Kier molecular flexibility index (Phi) is 11.8. The minimum atomic E-state index is -5.64. The number of anilines is 2. The molecule has 1 saturated heterocycles. The number of halogens is 3. The van der Waals surface area contributed by atoms with Crippen LogP contribution < -0.4 is 14.8 Å². The molecule has 4 N–H and O–H groups in total. The first-order valence-corrected chi connectivity index (χ1v) is 18.1. The van der Waals surface area contributed by atoms with Crippen LogP contribution in [0.25, 0.3) is 0 Å². The Morgan fingerprint density at radius 1 is 1.04 bits per heavy atom. The summed E-state index contributed by atoms with van der Waals surface area (Å²) < 4.78 is 103. The third-order valence-corrected chi connectivity index (χ3v) is 9.80. The summed E-state index contributed by atoms with van der Waals surface area (Å²) in [5.74, 6) is -2.74. The number of nitrogens with one attached hydrogen (secondary N) is 2. The summed E-state index contributed by atoms with van der Waals surface area (Å²) in [5, 5.41) is 12.4. The molecule has 1 unspecified atom stereocenters. The lowest BCUT2D eigenvalue weighted by Crippen LogP contribution is -2.44. The lowest BCUT2D eigenvalue weighted by atomic mass is 10.1. The zero-order chi connectivity index (χ0) is 36.9. The van der Waals surface area contributed by atoms with E-state index in [-0.39, 0.29) is 42.2 Å². The van der Waals surface area contributed by atoms with Crippen LogP contribution in [-0.2, 0) is 29.7 Å². The zero-order valence-electron chi connectivity index (χ0n) is 26.4. The van der Waals surface area contributed by atoms with Crippen LogP contribution in [0.15, 0.2) is 66.0 Å². The van der Waals surface area contributed by atoms with Crippen LogP contribution in [0.5, 0.6) is 5.75 Å². The number of carboxylic acids is 1. The number of benzene rings is 2. The fraction of sp³-hybridized carbons (Fsp3) is 0.400. The minimum Gasteiger partial charge on any atom is -0.488 e. The normalized spacial score (nSPS) is 17.3. The summed E-state index contributed by atoms with van der Waals surface area (Å²) in [6, 6.07) is 7.17. The van der Waals surface area contributed by atoms with Gasteiger partial charge < -0.3 is 24.6 Å². The third-order valence-electron chi connectivity index (χ3n) is 7.77. The van der Waals surface area contributed by atoms with Gasteiger partial charge in [-0.2, -0.15) is 30.0 Å². The number of hydrogen-bond donors (Lipinski definition) is 4. The van der Waals surface area contributed by atoms with E-state index in [1.165, 1.54) is 52.1 Å². The fourth-order valence-electron chi connectivity index (χ4n) is 5.36. The number of nitrogens with zero attached hydrogens (tertiary/aromatic N) is 3. The molecule has 2 amide bonds. The van der Waals surface area contributed by atoms with Crippen molar-refractivity contribution in [1.82, 2.24) is 14.5 Å². The van der Waals surface area contributed by atoms with Crippen molar-refractivity contribution in [3.05, 3.63) is 66.6 Å². The van der Waals surface area contributed by atoms with Crippen molar-refractivity contribution in [1.29, 1.82) is 0 Å². The predicted octanol–water partition coefficient (Wildman–Crippen LogP) is 4.29. The molecule has 1 aromatic heterocycles. The molecule has 50 heavy (non-hydrogen) atoms. The Morgan fingerprint density at radius 2 is 1.72 bits per heavy atom. The largest absolute Gasteiger partial charge is 0.516 e. The van der Waals surface area contributed by atoms with E-state index in [4.69, 9.17) is 4.74 Å². The number of alkyl halides is 3. The van der Waals surface area contributed by atoms with E-state index in [2.05, 4.69) is 10.3 Å². The van der Waals surface area contributed by atoms with Gasteiger partial charge in [-0.3, -0.25) is 18.9 Å². The minimum absolute atomic E-state index is 0.0510. The van der Waals surface area contributed by atoms with Crippen LogP contribution >= 0.6 is 0 Å². The number of carbonyl (C=O) groups excluding carboxylic acids is 2. The molecule has 15 nitrogen and oxygen atoms in total. The van der Waals surface area contributed by atoms with E-state index in [1.54, 1.807) is 0 Å². The summed E-state index contributed by atoms with van der Waals surface area (Å²) in [7, 11) is -10.4. The molecule has 0 bridgehead atoms. The number of amides is 2. The van der Waals surface area contributed by atoms with Gasteiger partial charge in [-0.1, -0.05) is 44.7 Å². The molecule has 3 atom stereocenters. The van der Waals surface area contributed by atoms with Gasteiger partial charge in [-0.15, -0.1) is 0 Å². The van der Waals surface area contributed by atoms with Gasteiger partial charge in [0.25, 0.3) is 16.0 Å². The Labute approximate surface area is 285 Å². The standard InChI is InChI=1S/C30H34F3N5O10S2/c1-2-3-4-5-9-23(37-17-26(34-18-37)35-27(39)22-8-6-7-10-25(22)49(43,44)45)28(40)38-16-21(15-24(38)29(41)42)48-20-13-11-19(12-14-20)36-50(46,47)30(31,32)33/h6-8,10-14,17-18,21,23-24,36H,2-5,9,15-16H2,1H3,(H,35,39)(H,41,42)(H,43,44,45)/t21-,23?,24+/m1/s1. The number of carbonyl (C=O) groups is 3. The molecule has 1 aliphatic heterocycles. The van der Waals surface area contributed by atoms with Gasteiger partial charge in [-0.25, -0.2) is 9.78 Å². The third kappa shape index (κ3) is 9.30. The molecule has 2 heterocycles. The average molecular weight is 746 g/mol. The highest BCUT2D eigenvalue weighted by atomic mass is 32.2. The maximum atomic E-state index is 14.0. The fourth-order valence-corrected chi connectivity index (χ4v) is 6.61. The number of aliphatic carboxylic acids is 1. The summed E-state index contributed by atoms with van der Waals surface area (Å²) in [6.45, 7) is 1.83. The molecule has 272 valence electrons. The first-order chi connectivity index (χ1) is 23.4. The maximum Gasteiger partial charge on any atom is 0.516 e. The molecule has 3 aromatic rings. The van der Waals surface area contributed by atoms with Crippen molar-refractivity contribution in [3.63, 3.8) is 0 Å². The van der Waals surface area contributed by atoms with Crippen molar-refractivity contribution in [2.24, 2.45) is 0 Å². The molecule has 0 aliphatic carbocycles. The second kappa shape index (κ2) is 15.5. The Morgan fingerprint density at radius 3 is 2.34 bits per heavy atom. The van der Waals surface area contributed by atoms with Gasteiger partial charge in [-0.05, 0) is 42.8 Å². The van der Waals surface area contributed by atoms with Crippen LogP contribution in [0.1, 0.15) is 61.8 Å². The van der Waals surface area contributed by atoms with Crippen molar-refractivity contribution >= 4 is 49.4 Å². The van der Waals surface area contributed by atoms with E-state index < -0.39 is 66.5 Å². The molecule has 20 heteroatoms. The smallest absolute Gasteiger partial charge is 0.488 e. The molecule has 1 aliphatic rings. The Bertz CT molecular complexity index is 1920. The molecule has 1 fully saturated rings. The maximum absolute atomic E-state index is 14.0. The molecule has 0 saturated carbocycles. The topological polar surface area (TPSA) is 214 Å². The first-order valence-electron chi connectivity index (χ1n) is 15.2. The predicted molar refractivity (Wildman–Crippen MR) is 171 cm³/mol. The van der Waals surface area contributed by atoms with Crippen LogP contribution in [0.3, 0.4) is 0 Å². The highest BCUT2D eigenvalue weighted by Gasteiger charge is 2.46. The van der Waals surface area contributed by atoms with Gasteiger partial charge in [0.05, 0.1) is 18.4 Å². The van der Waals surface area contributed by atoms with Crippen molar-refractivity contribution in [3.8, 4) is 5.75 Å². The number of unbranched alkanes of at least 4 members (excludes halogenated alkanes) is 3. The summed E-state index contributed by atoms with van der Waals surface area (Å²) in [4.78, 5) is 43.8. The van der Waals surface area contributed by atoms with Crippen molar-refractivity contribution < 1.29 is 58.8 Å². The molecular formula is C30H34F3N5O10S2. The molecule has 2 aromatic carbocycles. The number of rotatable bonds is 15. The highest BCUT2D eigenvalue weighted by molar-refractivity contribution is 7.93. The van der Waals surface area contributed by atoms with Gasteiger partial charge >= 0.3 is 21.5 Å². The Balaban J connectivity index is 1.51. The van der Waals surface area contributed by atoms with E-state index in [0.29, 0.717) is 6.42 Å². The van der Waals surface area contributed by atoms with Gasteiger partial charge in [0, 0.05) is 18.3 Å². The number of ether oxygens (including phenoxy) is 1. The average Bonchev–Trinajstić information content (AvgIpc) is 3.68.